The first-order chi connectivity index (χ1) is 15.5. The van der Waals surface area contributed by atoms with Gasteiger partial charge in [0.1, 0.15) is 39.7 Å². The number of rotatable bonds is 7. The van der Waals surface area contributed by atoms with Crippen LogP contribution in [0.4, 0.5) is 0 Å². The predicted molar refractivity (Wildman–Crippen MR) is 119 cm³/mol. The third-order valence-corrected chi connectivity index (χ3v) is 4.92. The second-order valence-corrected chi connectivity index (χ2v) is 6.93. The Morgan fingerprint density at radius 3 is 2.44 bits per heavy atom. The molecular weight excluding hydrogens is 412 g/mol. The fraction of sp³-hybridized carbons (Fsp3) is 0.120. The van der Waals surface area contributed by atoms with Gasteiger partial charge in [-0.2, -0.15) is 0 Å². The highest BCUT2D eigenvalue weighted by atomic mass is 16.5. The smallest absolute Gasteiger partial charge is 0.204 e. The molecule has 0 saturated carbocycles. The van der Waals surface area contributed by atoms with E-state index in [4.69, 9.17) is 18.6 Å². The summed E-state index contributed by atoms with van der Waals surface area (Å²) >= 11 is 0. The van der Waals surface area contributed by atoms with E-state index in [1.807, 2.05) is 30.3 Å². The van der Waals surface area contributed by atoms with E-state index in [1.54, 1.807) is 18.2 Å². The van der Waals surface area contributed by atoms with Crippen molar-refractivity contribution in [1.82, 2.24) is 0 Å². The zero-order valence-corrected chi connectivity index (χ0v) is 17.5. The average Bonchev–Trinajstić information content (AvgIpc) is 2.82. The summed E-state index contributed by atoms with van der Waals surface area (Å²) in [7, 11) is 2.97. The maximum atomic E-state index is 12.7. The summed E-state index contributed by atoms with van der Waals surface area (Å²) in [6.45, 7) is -0.322. The highest BCUT2D eigenvalue weighted by molar-refractivity contribution is 6.00. The Morgan fingerprint density at radius 1 is 0.938 bits per heavy atom. The molecule has 0 fully saturated rings. The van der Waals surface area contributed by atoms with Gasteiger partial charge in [0.15, 0.2) is 12.0 Å². The van der Waals surface area contributed by atoms with Crippen LogP contribution >= 0.6 is 0 Å². The molecule has 7 heteroatoms. The van der Waals surface area contributed by atoms with Crippen LogP contribution < -0.4 is 19.6 Å². The molecule has 1 aromatic heterocycles. The van der Waals surface area contributed by atoms with E-state index in [2.05, 4.69) is 0 Å². The molecule has 0 bridgehead atoms. The van der Waals surface area contributed by atoms with Gasteiger partial charge in [0.2, 0.25) is 5.78 Å². The van der Waals surface area contributed by atoms with Gasteiger partial charge in [0.25, 0.3) is 0 Å². The number of phenols is 1. The van der Waals surface area contributed by atoms with Gasteiger partial charge in [-0.3, -0.25) is 9.59 Å². The Morgan fingerprint density at radius 2 is 1.72 bits per heavy atom. The van der Waals surface area contributed by atoms with Gasteiger partial charge in [0, 0.05) is 23.8 Å². The van der Waals surface area contributed by atoms with Crippen LogP contribution in [0.1, 0.15) is 10.4 Å². The van der Waals surface area contributed by atoms with Crippen LogP contribution in [0, 0.1) is 0 Å². The van der Waals surface area contributed by atoms with E-state index in [1.165, 1.54) is 32.4 Å². The Hall–Kier alpha value is -4.26. The normalized spacial score (nSPS) is 10.7. The van der Waals surface area contributed by atoms with Crippen LogP contribution in [0.3, 0.4) is 0 Å². The third-order valence-electron chi connectivity index (χ3n) is 4.92. The number of hydrogen-bond donors (Lipinski definition) is 1. The fourth-order valence-corrected chi connectivity index (χ4v) is 3.33. The molecule has 1 N–H and O–H groups in total. The van der Waals surface area contributed by atoms with Gasteiger partial charge in [-0.15, -0.1) is 0 Å². The predicted octanol–water partition coefficient (Wildman–Crippen LogP) is 4.44. The van der Waals surface area contributed by atoms with E-state index < -0.39 is 0 Å². The highest BCUT2D eigenvalue weighted by Crippen LogP contribution is 2.31. The molecule has 7 nitrogen and oxygen atoms in total. The molecule has 0 aliphatic carbocycles. The van der Waals surface area contributed by atoms with Crippen molar-refractivity contribution in [2.75, 3.05) is 20.8 Å². The second kappa shape index (κ2) is 8.85. The van der Waals surface area contributed by atoms with Crippen molar-refractivity contribution >= 4 is 16.8 Å². The summed E-state index contributed by atoms with van der Waals surface area (Å²) in [5.74, 6) is 0.791. The summed E-state index contributed by atoms with van der Waals surface area (Å²) in [5, 5.41) is 10.4. The van der Waals surface area contributed by atoms with Crippen molar-refractivity contribution in [2.24, 2.45) is 0 Å². The topological polar surface area (TPSA) is 95.2 Å². The molecule has 0 saturated heterocycles. The van der Waals surface area contributed by atoms with Gasteiger partial charge in [-0.25, -0.2) is 0 Å². The molecule has 0 unspecified atom stereocenters. The molecule has 0 spiro atoms. The Labute approximate surface area is 183 Å². The standard InChI is InChI=1S/C25H20O7/c1-29-16-8-9-22(30-2)18(10-16)21(28)14-31-17-11-19(26)25-20(27)13-23(32-24(25)12-17)15-6-4-3-5-7-15/h3-13,26H,14H2,1-2H3. The molecule has 0 atom stereocenters. The van der Waals surface area contributed by atoms with Crippen molar-refractivity contribution in [3.63, 3.8) is 0 Å². The summed E-state index contributed by atoms with van der Waals surface area (Å²) < 4.78 is 21.9. The van der Waals surface area contributed by atoms with Gasteiger partial charge in [0.05, 0.1) is 19.8 Å². The van der Waals surface area contributed by atoms with Crippen LogP contribution in [-0.2, 0) is 0 Å². The number of Topliss-reactive ketones (excluding diaryl/α,β-unsaturated/α-hetero) is 1. The minimum Gasteiger partial charge on any atom is -0.507 e. The van der Waals surface area contributed by atoms with Gasteiger partial charge >= 0.3 is 0 Å². The Kier molecular flexibility index (Phi) is 5.81. The number of aromatic hydroxyl groups is 1. The quantitative estimate of drug-likeness (QED) is 0.431. The SMILES string of the molecule is COc1ccc(OC)c(C(=O)COc2cc(O)c3c(=O)cc(-c4ccccc4)oc3c2)c1. The first-order valence-electron chi connectivity index (χ1n) is 9.74. The molecule has 0 amide bonds. The maximum Gasteiger partial charge on any atom is 0.204 e. The molecule has 0 aliphatic rings. The summed E-state index contributed by atoms with van der Waals surface area (Å²) in [6, 6.07) is 18.1. The summed E-state index contributed by atoms with van der Waals surface area (Å²) in [6.07, 6.45) is 0. The molecule has 162 valence electrons. The number of ketones is 1. The van der Waals surface area contributed by atoms with Crippen molar-refractivity contribution in [3.05, 3.63) is 82.5 Å². The number of carbonyl (C=O) groups is 1. The Balaban J connectivity index is 1.64. The van der Waals surface area contributed by atoms with Gasteiger partial charge in [-0.05, 0) is 18.2 Å². The minimum absolute atomic E-state index is 0.0397. The van der Waals surface area contributed by atoms with E-state index in [9.17, 15) is 14.7 Å². The number of phenolic OH excluding ortho intramolecular Hbond substituents is 1. The summed E-state index contributed by atoms with van der Waals surface area (Å²) in [5.41, 5.74) is 0.788. The van der Waals surface area contributed by atoms with Crippen molar-refractivity contribution in [3.8, 4) is 34.3 Å². The number of fused-ring (bicyclic) bond motifs is 1. The molecule has 0 radical (unpaired) electrons. The lowest BCUT2D eigenvalue weighted by atomic mass is 10.1. The number of ether oxygens (including phenoxy) is 3. The zero-order chi connectivity index (χ0) is 22.7. The third kappa shape index (κ3) is 4.13. The minimum atomic E-state index is -0.383. The molecule has 0 aliphatic heterocycles. The van der Waals surface area contributed by atoms with Crippen molar-refractivity contribution in [2.45, 2.75) is 0 Å². The monoisotopic (exact) mass is 432 g/mol. The molecule has 4 aromatic rings. The van der Waals surface area contributed by atoms with Crippen LogP contribution in [0.15, 0.2) is 75.9 Å². The first kappa shape index (κ1) is 21.0. The van der Waals surface area contributed by atoms with Crippen molar-refractivity contribution in [1.29, 1.82) is 0 Å². The van der Waals surface area contributed by atoms with Crippen LogP contribution in [-0.4, -0.2) is 31.7 Å². The van der Waals surface area contributed by atoms with E-state index in [-0.39, 0.29) is 40.3 Å². The molecular formula is C25H20O7. The lowest BCUT2D eigenvalue weighted by Crippen LogP contribution is -2.13. The number of methoxy groups -OCH3 is 2. The number of hydrogen-bond acceptors (Lipinski definition) is 7. The maximum absolute atomic E-state index is 12.7. The molecule has 32 heavy (non-hydrogen) atoms. The van der Waals surface area contributed by atoms with E-state index in [0.29, 0.717) is 22.8 Å². The van der Waals surface area contributed by atoms with E-state index >= 15 is 0 Å². The van der Waals surface area contributed by atoms with Gasteiger partial charge < -0.3 is 23.7 Å². The lowest BCUT2D eigenvalue weighted by molar-refractivity contribution is 0.0918. The molecule has 3 aromatic carbocycles. The first-order valence-corrected chi connectivity index (χ1v) is 9.74. The van der Waals surface area contributed by atoms with Crippen LogP contribution in [0.5, 0.6) is 23.0 Å². The average molecular weight is 432 g/mol. The van der Waals surface area contributed by atoms with Gasteiger partial charge in [-0.1, -0.05) is 30.3 Å². The largest absolute Gasteiger partial charge is 0.507 e. The van der Waals surface area contributed by atoms with Crippen LogP contribution in [0.2, 0.25) is 0 Å². The zero-order valence-electron chi connectivity index (χ0n) is 17.5. The second-order valence-electron chi connectivity index (χ2n) is 6.93. The van der Waals surface area contributed by atoms with E-state index in [0.717, 1.165) is 5.56 Å². The Bertz CT molecular complexity index is 1340. The lowest BCUT2D eigenvalue weighted by Gasteiger charge is -2.11. The van der Waals surface area contributed by atoms with Crippen molar-refractivity contribution < 1.29 is 28.5 Å². The highest BCUT2D eigenvalue weighted by Gasteiger charge is 2.17. The fourth-order valence-electron chi connectivity index (χ4n) is 3.33. The number of benzene rings is 3. The molecule has 1 heterocycles. The molecule has 4 rings (SSSR count). The summed E-state index contributed by atoms with van der Waals surface area (Å²) in [4.78, 5) is 25.3. The number of carbonyl (C=O) groups excluding carboxylic acids is 1. The van der Waals surface area contributed by atoms with Crippen LogP contribution in [0.25, 0.3) is 22.3 Å².